The number of carbonyl (C=O) groups is 9. The van der Waals surface area contributed by atoms with Crippen molar-refractivity contribution in [2.75, 3.05) is 26.2 Å². The Morgan fingerprint density at radius 2 is 1.19 bits per heavy atom. The second-order valence-corrected chi connectivity index (χ2v) is 16.2. The fourth-order valence-electron chi connectivity index (χ4n) is 7.76. The molecule has 64 heavy (non-hydrogen) atoms. The van der Waals surface area contributed by atoms with Crippen molar-refractivity contribution in [3.8, 4) is 0 Å². The van der Waals surface area contributed by atoms with E-state index in [4.69, 9.17) is 22.9 Å². The predicted molar refractivity (Wildman–Crippen MR) is 226 cm³/mol. The van der Waals surface area contributed by atoms with E-state index in [9.17, 15) is 48.3 Å². The van der Waals surface area contributed by atoms with E-state index in [1.165, 1.54) is 9.80 Å². The molecule has 7 atom stereocenters. The molecular formula is C41H67N13O10+2. The number of quaternary nitrogens is 2. The molecular weight excluding hydrogens is 835 g/mol. The van der Waals surface area contributed by atoms with Gasteiger partial charge in [-0.25, -0.2) is 0 Å². The zero-order valence-electron chi connectivity index (χ0n) is 36.4. The van der Waals surface area contributed by atoms with Gasteiger partial charge in [0.05, 0.1) is 25.1 Å². The van der Waals surface area contributed by atoms with Gasteiger partial charge in [0.15, 0.2) is 6.04 Å². The van der Waals surface area contributed by atoms with Crippen molar-refractivity contribution in [3.05, 3.63) is 35.9 Å². The minimum Gasteiger partial charge on any atom is -0.548 e. The van der Waals surface area contributed by atoms with E-state index in [-0.39, 0.29) is 63.4 Å². The summed E-state index contributed by atoms with van der Waals surface area (Å²) >= 11 is 0. The van der Waals surface area contributed by atoms with Gasteiger partial charge in [-0.2, -0.15) is 0 Å². The summed E-state index contributed by atoms with van der Waals surface area (Å²) in [7, 11) is 0. The predicted octanol–water partition coefficient (Wildman–Crippen LogP) is -8.41. The number of guanidine groups is 1. The Bertz CT molecular complexity index is 1830. The molecule has 2 fully saturated rings. The number of benzene rings is 1. The molecule has 0 aromatic heterocycles. The molecule has 1 aromatic rings. The summed E-state index contributed by atoms with van der Waals surface area (Å²) in [5, 5.41) is 22.2. The lowest BCUT2D eigenvalue weighted by atomic mass is 10.0. The number of nitrogens with two attached hydrogens (primary N) is 4. The molecule has 0 bridgehead atoms. The number of hydrogen-bond donors (Lipinski definition) is 11. The van der Waals surface area contributed by atoms with Crippen LogP contribution in [0.3, 0.4) is 0 Å². The number of carbonyl (C=O) groups excluding carboxylic acids is 9. The topological polar surface area (TPSA) is 405 Å². The summed E-state index contributed by atoms with van der Waals surface area (Å²) in [6, 6.07) is 0.242. The molecule has 2 aliphatic heterocycles. The molecule has 1 aromatic carbocycles. The molecule has 2 heterocycles. The molecule has 0 spiro atoms. The van der Waals surface area contributed by atoms with Crippen molar-refractivity contribution < 1.29 is 64.7 Å². The van der Waals surface area contributed by atoms with Crippen LogP contribution in [0, 0.1) is 0 Å². The Balaban J connectivity index is 1.77. The third-order valence-electron chi connectivity index (χ3n) is 11.2. The van der Waals surface area contributed by atoms with Gasteiger partial charge in [0.2, 0.25) is 41.4 Å². The number of amides is 8. The first-order valence-electron chi connectivity index (χ1n) is 21.8. The first-order valence-corrected chi connectivity index (χ1v) is 21.8. The maximum Gasteiger partial charge on any atom is 0.338 e. The summed E-state index contributed by atoms with van der Waals surface area (Å²) in [6.07, 6.45) is 2.35. The normalized spacial score (nSPS) is 18.1. The highest BCUT2D eigenvalue weighted by Crippen LogP contribution is 2.23. The molecule has 23 heteroatoms. The third kappa shape index (κ3) is 16.7. The van der Waals surface area contributed by atoms with Crippen molar-refractivity contribution in [1.29, 1.82) is 0 Å². The Morgan fingerprint density at radius 1 is 0.672 bits per heavy atom. The van der Waals surface area contributed by atoms with Gasteiger partial charge in [0.1, 0.15) is 30.2 Å². The van der Waals surface area contributed by atoms with E-state index in [2.05, 4.69) is 37.7 Å². The number of nitrogens with one attached hydrogen (secondary N) is 5. The number of primary amides is 2. The van der Waals surface area contributed by atoms with Crippen molar-refractivity contribution in [2.24, 2.45) is 22.9 Å². The molecule has 3 rings (SSSR count). The van der Waals surface area contributed by atoms with E-state index in [0.29, 0.717) is 70.1 Å². The Kier molecular flexibility index (Phi) is 21.4. The third-order valence-corrected chi connectivity index (χ3v) is 11.2. The first kappa shape index (κ1) is 52.0. The molecule has 0 radical (unpaired) electrons. The number of carboxylic acids is 1. The van der Waals surface area contributed by atoms with Crippen LogP contribution >= 0.6 is 0 Å². The summed E-state index contributed by atoms with van der Waals surface area (Å²) in [5.74, 6) is -7.19. The molecule has 8 amide bonds. The van der Waals surface area contributed by atoms with Crippen molar-refractivity contribution in [2.45, 2.75) is 132 Å². The highest BCUT2D eigenvalue weighted by atomic mass is 16.4. The number of rotatable bonds is 27. The molecule has 0 aliphatic carbocycles. The average Bonchev–Trinajstić information content (AvgIpc) is 3.95. The molecule has 23 nitrogen and oxygen atoms in total. The van der Waals surface area contributed by atoms with Gasteiger partial charge in [0.25, 0.3) is 5.91 Å². The average molecular weight is 902 g/mol. The fourth-order valence-corrected chi connectivity index (χ4v) is 7.76. The summed E-state index contributed by atoms with van der Waals surface area (Å²) < 4.78 is 0. The van der Waals surface area contributed by atoms with Gasteiger partial charge in [-0.15, -0.1) is 0 Å². The van der Waals surface area contributed by atoms with Crippen LogP contribution in [-0.2, 0) is 49.6 Å². The van der Waals surface area contributed by atoms with E-state index in [1.807, 2.05) is 0 Å². The van der Waals surface area contributed by atoms with Crippen LogP contribution in [0.1, 0.15) is 89.0 Å². The van der Waals surface area contributed by atoms with Gasteiger partial charge in [0, 0.05) is 32.4 Å². The number of unbranched alkanes of at least 4 members (excludes halogenated alkanes) is 1. The van der Waals surface area contributed by atoms with E-state index >= 15 is 0 Å². The van der Waals surface area contributed by atoms with Crippen LogP contribution in [0.25, 0.3) is 0 Å². The van der Waals surface area contributed by atoms with E-state index in [0.717, 1.165) is 0 Å². The quantitative estimate of drug-likeness (QED) is 0.0223. The number of likely N-dealkylation sites (tertiary alicyclic amines) is 2. The van der Waals surface area contributed by atoms with Gasteiger partial charge in [-0.3, -0.25) is 54.8 Å². The maximum atomic E-state index is 14.3. The van der Waals surface area contributed by atoms with Crippen molar-refractivity contribution in [3.63, 3.8) is 0 Å². The van der Waals surface area contributed by atoms with Crippen LogP contribution in [0.4, 0.5) is 0 Å². The SMILES string of the molecule is NC(=O)CC[C@H](NC(=O)[C@H](CCC(N)=O)NC(=O)[C@@H]1CCCN1C(=O)[C@H](CCCC[NH3+])NC(=O)[C@@H]1CCCN1C(=O)[C@@H]([NH3+])CCC[NH+]=C(N)N)C(=O)N[C@@H](Cc1ccccc1)C(=O)[O-]. The van der Waals surface area contributed by atoms with Gasteiger partial charge < -0.3 is 63.9 Å². The smallest absolute Gasteiger partial charge is 0.338 e. The van der Waals surface area contributed by atoms with Crippen LogP contribution in [0.2, 0.25) is 0 Å². The molecule has 0 saturated carbocycles. The highest BCUT2D eigenvalue weighted by molar-refractivity contribution is 5.97. The monoisotopic (exact) mass is 902 g/mol. The Labute approximate surface area is 371 Å². The zero-order valence-corrected chi connectivity index (χ0v) is 36.4. The zero-order chi connectivity index (χ0) is 47.3. The fraction of sp³-hybridized carbons (Fsp3) is 0.610. The molecule has 2 saturated heterocycles. The number of aliphatic carboxylic acids is 1. The van der Waals surface area contributed by atoms with Crippen LogP contribution in [-0.4, -0.2) is 137 Å². The number of carboxylic acid groups (broad SMARTS) is 1. The number of hydrogen-bond acceptors (Lipinski definition) is 10. The van der Waals surface area contributed by atoms with Gasteiger partial charge >= 0.3 is 5.96 Å². The van der Waals surface area contributed by atoms with Crippen LogP contribution in [0.5, 0.6) is 0 Å². The lowest BCUT2D eigenvalue weighted by Gasteiger charge is -2.31. The van der Waals surface area contributed by atoms with Crippen molar-refractivity contribution >= 4 is 59.2 Å². The molecule has 2 aliphatic rings. The molecule has 354 valence electrons. The van der Waals surface area contributed by atoms with Crippen LogP contribution in [0.15, 0.2) is 30.3 Å². The van der Waals surface area contributed by atoms with Gasteiger partial charge in [-0.05, 0) is 76.2 Å². The standard InChI is InChI=1S/C41H65N13O10/c42-19-5-4-12-28(51-37(60)30-13-7-21-53(30)38(61)25(43)11-6-20-48-41(46)47)39(62)54-22-8-14-31(54)36(59)50-27(16-18-33(45)56)34(57)49-26(15-17-32(44)55)35(58)52-29(40(63)64)23-24-9-2-1-3-10-24/h1-3,9-10,25-31H,4-8,11-23,42-43H2,(H2,44,55)(H2,45,56)(H,49,57)(H,50,59)(H,51,60)(H,52,58)(H,63,64)(H4,46,47,48)/p+2/t25-,26-,27-,28-,29-,30-,31-/m0/s1. The molecule has 19 N–H and O–H groups in total. The summed E-state index contributed by atoms with van der Waals surface area (Å²) in [6.45, 7) is 1.51. The first-order chi connectivity index (χ1) is 30.4. The second-order valence-electron chi connectivity index (χ2n) is 16.2. The molecule has 0 unspecified atom stereocenters. The minimum atomic E-state index is -1.60. The lowest BCUT2D eigenvalue weighted by molar-refractivity contribution is -0.463. The minimum absolute atomic E-state index is 0.0646. The Hall–Kier alpha value is -6.36. The van der Waals surface area contributed by atoms with Gasteiger partial charge in [-0.1, -0.05) is 30.3 Å². The van der Waals surface area contributed by atoms with Crippen molar-refractivity contribution in [1.82, 2.24) is 31.1 Å². The van der Waals surface area contributed by atoms with E-state index in [1.54, 1.807) is 30.3 Å². The second kappa shape index (κ2) is 26.3. The Morgan fingerprint density at radius 3 is 1.70 bits per heavy atom. The summed E-state index contributed by atoms with van der Waals surface area (Å²) in [5.41, 5.74) is 30.0. The van der Waals surface area contributed by atoms with E-state index < -0.39 is 89.6 Å². The summed E-state index contributed by atoms with van der Waals surface area (Å²) in [4.78, 5) is 124. The number of nitrogens with zero attached hydrogens (tertiary/aromatic N) is 2. The maximum absolute atomic E-state index is 14.3. The largest absolute Gasteiger partial charge is 0.548 e. The van der Waals surface area contributed by atoms with Crippen LogP contribution < -0.4 is 65.8 Å². The lowest BCUT2D eigenvalue weighted by Crippen LogP contribution is -2.78. The highest BCUT2D eigenvalue weighted by Gasteiger charge is 2.42.